The molecule has 0 saturated carbocycles. The van der Waals surface area contributed by atoms with E-state index < -0.39 is 12.5 Å². The number of benzene rings is 2. The predicted molar refractivity (Wildman–Crippen MR) is 86.1 cm³/mol. The number of halogens is 2. The summed E-state index contributed by atoms with van der Waals surface area (Å²) in [5.74, 6) is -0.602. The number of aromatic nitrogens is 2. The Morgan fingerprint density at radius 2 is 1.92 bits per heavy atom. The van der Waals surface area contributed by atoms with E-state index in [1.54, 1.807) is 55.6 Å². The number of carbonyl (C=O) groups is 1. The molecule has 0 bridgehead atoms. The van der Waals surface area contributed by atoms with Crippen LogP contribution in [0.15, 0.2) is 48.5 Å². The lowest BCUT2D eigenvalue weighted by Crippen LogP contribution is -2.12. The number of imidazole rings is 1. The van der Waals surface area contributed by atoms with E-state index in [1.165, 1.54) is 0 Å². The van der Waals surface area contributed by atoms with Crippen LogP contribution in [0.1, 0.15) is 22.7 Å². The topological polar surface area (TPSA) is 56.1 Å². The highest BCUT2D eigenvalue weighted by atomic mass is 19.3. The fourth-order valence-corrected chi connectivity index (χ4v) is 2.50. The number of hydrogen-bond acceptors (Lipinski definition) is 4. The number of alkyl halides is 2. The molecule has 124 valence electrons. The lowest BCUT2D eigenvalue weighted by atomic mass is 10.2. The Morgan fingerprint density at radius 3 is 2.67 bits per heavy atom. The highest BCUT2D eigenvalue weighted by molar-refractivity contribution is 5.95. The monoisotopic (exact) mass is 331 g/mol. The minimum atomic E-state index is -2.77. The summed E-state index contributed by atoms with van der Waals surface area (Å²) < 4.78 is 32.6. The first kappa shape index (κ1) is 15.9. The van der Waals surface area contributed by atoms with Crippen LogP contribution in [0.4, 0.5) is 14.5 Å². The number of nitrogens with one attached hydrogen (secondary N) is 1. The van der Waals surface area contributed by atoms with E-state index in [2.05, 4.69) is 10.3 Å². The molecule has 0 saturated heterocycles. The van der Waals surface area contributed by atoms with Crippen LogP contribution in [-0.4, -0.2) is 22.6 Å². The average Bonchev–Trinajstić information content (AvgIpc) is 2.98. The Labute approximate surface area is 136 Å². The van der Waals surface area contributed by atoms with E-state index in [0.717, 1.165) is 4.57 Å². The van der Waals surface area contributed by atoms with Crippen molar-refractivity contribution in [3.63, 3.8) is 0 Å². The number of esters is 1. The van der Waals surface area contributed by atoms with Crippen molar-refractivity contribution in [1.29, 1.82) is 0 Å². The molecule has 0 aliphatic heterocycles. The molecule has 3 aromatic rings. The van der Waals surface area contributed by atoms with E-state index in [9.17, 15) is 13.6 Å². The predicted octanol–water partition coefficient (Wildman–Crippen LogP) is 3.83. The third kappa shape index (κ3) is 2.92. The van der Waals surface area contributed by atoms with Crippen LogP contribution in [-0.2, 0) is 11.3 Å². The molecule has 5 nitrogen and oxygen atoms in total. The van der Waals surface area contributed by atoms with Crippen molar-refractivity contribution in [3.8, 4) is 0 Å². The van der Waals surface area contributed by atoms with E-state index in [1.807, 2.05) is 0 Å². The molecule has 1 heterocycles. The first-order valence-corrected chi connectivity index (χ1v) is 7.29. The smallest absolute Gasteiger partial charge is 0.340 e. The molecule has 0 spiro atoms. The Bertz CT molecular complexity index is 877. The molecule has 0 aliphatic carbocycles. The molecule has 24 heavy (non-hydrogen) atoms. The van der Waals surface area contributed by atoms with Gasteiger partial charge in [-0.15, -0.1) is 0 Å². The van der Waals surface area contributed by atoms with Crippen molar-refractivity contribution in [3.05, 3.63) is 59.9 Å². The SMILES string of the molecule is CNc1ccccc1C(=O)OCc1nc2ccccc2n1C(F)F. The van der Waals surface area contributed by atoms with Gasteiger partial charge in [-0.05, 0) is 24.3 Å². The van der Waals surface area contributed by atoms with Crippen LogP contribution in [0.25, 0.3) is 11.0 Å². The van der Waals surface area contributed by atoms with Gasteiger partial charge in [0.25, 0.3) is 0 Å². The van der Waals surface area contributed by atoms with Gasteiger partial charge < -0.3 is 10.1 Å². The number of anilines is 1. The Balaban J connectivity index is 1.85. The van der Waals surface area contributed by atoms with Gasteiger partial charge in [0.05, 0.1) is 16.6 Å². The summed E-state index contributed by atoms with van der Waals surface area (Å²) in [6, 6.07) is 13.4. The van der Waals surface area contributed by atoms with Gasteiger partial charge in [0.15, 0.2) is 5.82 Å². The third-order valence-corrected chi connectivity index (χ3v) is 3.61. The average molecular weight is 331 g/mol. The van der Waals surface area contributed by atoms with Gasteiger partial charge in [-0.25, -0.2) is 9.78 Å². The summed E-state index contributed by atoms with van der Waals surface area (Å²) in [6.07, 6.45) is 0. The highest BCUT2D eigenvalue weighted by Gasteiger charge is 2.19. The fourth-order valence-electron chi connectivity index (χ4n) is 2.50. The van der Waals surface area contributed by atoms with Crippen molar-refractivity contribution in [1.82, 2.24) is 9.55 Å². The third-order valence-electron chi connectivity index (χ3n) is 3.61. The minimum Gasteiger partial charge on any atom is -0.454 e. The van der Waals surface area contributed by atoms with E-state index in [0.29, 0.717) is 22.3 Å². The zero-order valence-electron chi connectivity index (χ0n) is 12.9. The second-order valence-electron chi connectivity index (χ2n) is 5.04. The highest BCUT2D eigenvalue weighted by Crippen LogP contribution is 2.24. The molecule has 7 heteroatoms. The van der Waals surface area contributed by atoms with E-state index in [-0.39, 0.29) is 12.4 Å². The normalized spacial score (nSPS) is 11.0. The summed E-state index contributed by atoms with van der Waals surface area (Å²) in [4.78, 5) is 16.3. The number of hydrogen-bond donors (Lipinski definition) is 1. The first-order valence-electron chi connectivity index (χ1n) is 7.29. The first-order chi connectivity index (χ1) is 11.6. The summed E-state index contributed by atoms with van der Waals surface area (Å²) in [5, 5.41) is 2.88. The van der Waals surface area contributed by atoms with E-state index >= 15 is 0 Å². The molecule has 0 unspecified atom stereocenters. The molecule has 0 radical (unpaired) electrons. The van der Waals surface area contributed by atoms with Crippen molar-refractivity contribution < 1.29 is 18.3 Å². The second-order valence-corrected chi connectivity index (χ2v) is 5.04. The summed E-state index contributed by atoms with van der Waals surface area (Å²) in [5.41, 5.74) is 1.67. The molecule has 0 atom stereocenters. The quantitative estimate of drug-likeness (QED) is 0.722. The fraction of sp³-hybridized carbons (Fsp3) is 0.176. The molecular formula is C17H15F2N3O2. The van der Waals surface area contributed by atoms with Crippen molar-refractivity contribution in [2.75, 3.05) is 12.4 Å². The number of nitrogens with zero attached hydrogens (tertiary/aromatic N) is 2. The van der Waals surface area contributed by atoms with Gasteiger partial charge in [0.1, 0.15) is 6.61 Å². The largest absolute Gasteiger partial charge is 0.454 e. The lowest BCUT2D eigenvalue weighted by molar-refractivity contribution is 0.0388. The van der Waals surface area contributed by atoms with Crippen molar-refractivity contribution in [2.24, 2.45) is 0 Å². The number of ether oxygens (including phenoxy) is 1. The van der Waals surface area contributed by atoms with Gasteiger partial charge in [-0.2, -0.15) is 8.78 Å². The molecule has 2 aromatic carbocycles. The molecular weight excluding hydrogens is 316 g/mol. The summed E-state index contributed by atoms with van der Waals surface area (Å²) in [6.45, 7) is -3.11. The number of rotatable bonds is 5. The summed E-state index contributed by atoms with van der Waals surface area (Å²) in [7, 11) is 1.68. The number of carbonyl (C=O) groups excluding carboxylic acids is 1. The van der Waals surface area contributed by atoms with Crippen LogP contribution in [0, 0.1) is 0 Å². The zero-order valence-corrected chi connectivity index (χ0v) is 12.9. The van der Waals surface area contributed by atoms with Crippen LogP contribution in [0.2, 0.25) is 0 Å². The Morgan fingerprint density at radius 1 is 1.21 bits per heavy atom. The summed E-state index contributed by atoms with van der Waals surface area (Å²) >= 11 is 0. The standard InChI is InChI=1S/C17H15F2N3O2/c1-20-12-7-3-2-6-11(12)16(23)24-10-15-21-13-8-4-5-9-14(13)22(15)17(18)19/h2-9,17,20H,10H2,1H3. The van der Waals surface area contributed by atoms with Crippen molar-refractivity contribution >= 4 is 22.7 Å². The molecule has 1 N–H and O–H groups in total. The van der Waals surface area contributed by atoms with Crippen LogP contribution >= 0.6 is 0 Å². The van der Waals surface area contributed by atoms with Gasteiger partial charge in [0.2, 0.25) is 0 Å². The second kappa shape index (κ2) is 6.66. The molecule has 3 rings (SSSR count). The van der Waals surface area contributed by atoms with Gasteiger partial charge in [-0.3, -0.25) is 4.57 Å². The maximum Gasteiger partial charge on any atom is 0.340 e. The van der Waals surface area contributed by atoms with Gasteiger partial charge >= 0.3 is 12.5 Å². The van der Waals surface area contributed by atoms with Crippen LogP contribution in [0.5, 0.6) is 0 Å². The van der Waals surface area contributed by atoms with E-state index in [4.69, 9.17) is 4.74 Å². The maximum atomic E-state index is 13.3. The minimum absolute atomic E-state index is 0.00138. The van der Waals surface area contributed by atoms with Crippen LogP contribution in [0.3, 0.4) is 0 Å². The maximum absolute atomic E-state index is 13.3. The van der Waals surface area contributed by atoms with Crippen LogP contribution < -0.4 is 5.32 Å². The number of para-hydroxylation sites is 3. The van der Waals surface area contributed by atoms with Gasteiger partial charge in [0, 0.05) is 12.7 Å². The Hall–Kier alpha value is -2.96. The van der Waals surface area contributed by atoms with Gasteiger partial charge in [-0.1, -0.05) is 24.3 Å². The van der Waals surface area contributed by atoms with Crippen molar-refractivity contribution in [2.45, 2.75) is 13.2 Å². The zero-order chi connectivity index (χ0) is 17.1. The molecule has 0 aliphatic rings. The molecule has 1 aromatic heterocycles. The molecule has 0 fully saturated rings. The lowest BCUT2D eigenvalue weighted by Gasteiger charge is -2.10. The Kier molecular flexibility index (Phi) is 4.41. The number of fused-ring (bicyclic) bond motifs is 1. The molecule has 0 amide bonds.